The van der Waals surface area contributed by atoms with Gasteiger partial charge in [0.25, 0.3) is 14.3 Å². The highest BCUT2D eigenvalue weighted by molar-refractivity contribution is 6.75. The molecule has 0 saturated heterocycles. The van der Waals surface area contributed by atoms with Gasteiger partial charge in [0.15, 0.2) is 0 Å². The Labute approximate surface area is 238 Å². The number of ether oxygens (including phenoxy) is 1. The average molecular weight is 553 g/mol. The molecule has 224 valence electrons. The minimum absolute atomic E-state index is 0.00848. The summed E-state index contributed by atoms with van der Waals surface area (Å²) >= 11 is 0. The molecule has 38 heavy (non-hydrogen) atoms. The van der Waals surface area contributed by atoms with Crippen molar-refractivity contribution in [2.75, 3.05) is 6.61 Å². The molecule has 0 aliphatic carbocycles. The average Bonchev–Trinajstić information content (AvgIpc) is 2.89. The zero-order valence-electron chi connectivity index (χ0n) is 26.0. The summed E-state index contributed by atoms with van der Waals surface area (Å²) in [4.78, 5) is 24.6. The first-order valence-corrected chi connectivity index (χ1v) is 19.0. The maximum atomic E-state index is 13.1. The van der Waals surface area contributed by atoms with Crippen LogP contribution in [-0.4, -0.2) is 26.9 Å². The van der Waals surface area contributed by atoms with Crippen molar-refractivity contribution >= 4 is 20.3 Å². The quantitative estimate of drug-likeness (QED) is 0.0419. The number of carbonyl (C=O) groups excluding carboxylic acids is 2. The standard InChI is InChI=1S/C33H64O4Si/c1-6-9-12-15-18-23-28-38(29-24-19-16-13-10-7-2,30-25-20-17-14-11-8-3)37-32(34)26-21-22-27-36-33(35)31(4)5/h4,6-30H2,1-3,5H3. The molecule has 0 heterocycles. The number of hydrogen-bond donors (Lipinski definition) is 0. The highest BCUT2D eigenvalue weighted by Crippen LogP contribution is 2.32. The molecule has 0 aromatic rings. The van der Waals surface area contributed by atoms with E-state index in [9.17, 15) is 9.59 Å². The van der Waals surface area contributed by atoms with Crippen LogP contribution in [0.4, 0.5) is 0 Å². The van der Waals surface area contributed by atoms with E-state index in [1.807, 2.05) is 0 Å². The summed E-state index contributed by atoms with van der Waals surface area (Å²) in [7, 11) is -2.11. The topological polar surface area (TPSA) is 52.6 Å². The van der Waals surface area contributed by atoms with Gasteiger partial charge in [0, 0.05) is 12.0 Å². The van der Waals surface area contributed by atoms with Crippen LogP contribution in [0.3, 0.4) is 0 Å². The fraction of sp³-hybridized carbons (Fsp3) is 0.879. The Morgan fingerprint density at radius 1 is 0.579 bits per heavy atom. The molecule has 0 radical (unpaired) electrons. The van der Waals surface area contributed by atoms with Crippen molar-refractivity contribution in [1.29, 1.82) is 0 Å². The summed E-state index contributed by atoms with van der Waals surface area (Å²) in [5, 5.41) is 0. The highest BCUT2D eigenvalue weighted by Gasteiger charge is 2.37. The van der Waals surface area contributed by atoms with Crippen LogP contribution in [-0.2, 0) is 18.8 Å². The maximum absolute atomic E-state index is 13.1. The number of carbonyl (C=O) groups is 2. The van der Waals surface area contributed by atoms with Gasteiger partial charge in [-0.3, -0.25) is 4.79 Å². The molecular formula is C33H64O4Si. The lowest BCUT2D eigenvalue weighted by Crippen LogP contribution is -2.40. The molecule has 0 unspecified atom stereocenters. The molecule has 0 aromatic heterocycles. The van der Waals surface area contributed by atoms with E-state index in [4.69, 9.17) is 9.16 Å². The van der Waals surface area contributed by atoms with Gasteiger partial charge in [-0.1, -0.05) is 143 Å². The van der Waals surface area contributed by atoms with Gasteiger partial charge in [-0.25, -0.2) is 4.79 Å². The van der Waals surface area contributed by atoms with Gasteiger partial charge in [-0.05, 0) is 37.9 Å². The molecule has 0 fully saturated rings. The van der Waals surface area contributed by atoms with Gasteiger partial charge >= 0.3 is 5.97 Å². The largest absolute Gasteiger partial charge is 0.519 e. The number of rotatable bonds is 28. The summed E-state index contributed by atoms with van der Waals surface area (Å²) in [5.74, 6) is -0.360. The molecule has 0 N–H and O–H groups in total. The first kappa shape index (κ1) is 36.9. The van der Waals surface area contributed by atoms with Gasteiger partial charge in [-0.15, -0.1) is 0 Å². The summed E-state index contributed by atoms with van der Waals surface area (Å²) in [6.07, 6.45) is 25.0. The summed E-state index contributed by atoms with van der Waals surface area (Å²) in [5.41, 5.74) is 0.416. The lowest BCUT2D eigenvalue weighted by molar-refractivity contribution is -0.139. The van der Waals surface area contributed by atoms with Gasteiger partial charge in [0.1, 0.15) is 0 Å². The van der Waals surface area contributed by atoms with Gasteiger partial charge in [0.05, 0.1) is 6.61 Å². The van der Waals surface area contributed by atoms with Crippen molar-refractivity contribution in [3.8, 4) is 0 Å². The second-order valence-electron chi connectivity index (χ2n) is 11.6. The second-order valence-corrected chi connectivity index (χ2v) is 15.7. The predicted octanol–water partition coefficient (Wildman–Crippen LogP) is 10.8. The normalized spacial score (nSPS) is 11.5. The van der Waals surface area contributed by atoms with Crippen LogP contribution in [0.25, 0.3) is 0 Å². The lowest BCUT2D eigenvalue weighted by atomic mass is 10.1. The zero-order valence-corrected chi connectivity index (χ0v) is 27.0. The van der Waals surface area contributed by atoms with Crippen LogP contribution in [0.1, 0.15) is 163 Å². The summed E-state index contributed by atoms with van der Waals surface area (Å²) in [6, 6.07) is 3.43. The number of esters is 1. The second kappa shape index (κ2) is 26.1. The van der Waals surface area contributed by atoms with E-state index in [2.05, 4.69) is 27.4 Å². The van der Waals surface area contributed by atoms with E-state index in [0.29, 0.717) is 31.4 Å². The van der Waals surface area contributed by atoms with Crippen molar-refractivity contribution in [1.82, 2.24) is 0 Å². The molecule has 0 saturated carbocycles. The molecule has 0 spiro atoms. The van der Waals surface area contributed by atoms with Gasteiger partial charge in [0.2, 0.25) is 0 Å². The van der Waals surface area contributed by atoms with Gasteiger partial charge < -0.3 is 9.16 Å². The third kappa shape index (κ3) is 21.8. The van der Waals surface area contributed by atoms with Gasteiger partial charge in [-0.2, -0.15) is 0 Å². The van der Waals surface area contributed by atoms with Crippen molar-refractivity contribution < 1.29 is 18.8 Å². The molecule has 0 atom stereocenters. The molecule has 0 amide bonds. The first-order chi connectivity index (χ1) is 18.4. The number of unbranched alkanes of at least 4 members (excludes halogenated alkanes) is 16. The summed E-state index contributed by atoms with van der Waals surface area (Å²) in [6.45, 7) is 12.4. The Kier molecular flexibility index (Phi) is 25.4. The van der Waals surface area contributed by atoms with E-state index in [1.54, 1.807) is 6.92 Å². The van der Waals surface area contributed by atoms with Crippen molar-refractivity contribution in [3.63, 3.8) is 0 Å². The fourth-order valence-electron chi connectivity index (χ4n) is 5.16. The Morgan fingerprint density at radius 3 is 1.37 bits per heavy atom. The van der Waals surface area contributed by atoms with Crippen LogP contribution in [0.15, 0.2) is 12.2 Å². The van der Waals surface area contributed by atoms with Crippen LogP contribution in [0.2, 0.25) is 18.1 Å². The molecule has 4 nitrogen and oxygen atoms in total. The van der Waals surface area contributed by atoms with E-state index >= 15 is 0 Å². The Balaban J connectivity index is 5.02. The molecule has 5 heteroatoms. The smallest absolute Gasteiger partial charge is 0.333 e. The minimum atomic E-state index is -2.11. The lowest BCUT2D eigenvalue weighted by Gasteiger charge is -2.32. The third-order valence-electron chi connectivity index (χ3n) is 7.65. The van der Waals surface area contributed by atoms with E-state index in [-0.39, 0.29) is 11.9 Å². The van der Waals surface area contributed by atoms with Crippen LogP contribution in [0, 0.1) is 0 Å². The molecule has 0 aliphatic heterocycles. The highest BCUT2D eigenvalue weighted by atomic mass is 28.4. The van der Waals surface area contributed by atoms with Crippen LogP contribution in [0.5, 0.6) is 0 Å². The van der Waals surface area contributed by atoms with Crippen LogP contribution < -0.4 is 0 Å². The van der Waals surface area contributed by atoms with Crippen molar-refractivity contribution in [2.24, 2.45) is 0 Å². The van der Waals surface area contributed by atoms with E-state index in [1.165, 1.54) is 116 Å². The third-order valence-corrected chi connectivity index (χ3v) is 12.1. The SMILES string of the molecule is C=C(C)C(=O)OCCCCC(=O)O[Si](CCCCCCCC)(CCCCCCCC)CCCCCCCC. The Bertz CT molecular complexity index is 549. The zero-order chi connectivity index (χ0) is 28.3. The monoisotopic (exact) mass is 552 g/mol. The molecule has 0 bridgehead atoms. The fourth-order valence-corrected chi connectivity index (χ4v) is 9.49. The van der Waals surface area contributed by atoms with Crippen molar-refractivity contribution in [2.45, 2.75) is 181 Å². The molecule has 0 rings (SSSR count). The van der Waals surface area contributed by atoms with E-state index in [0.717, 1.165) is 18.1 Å². The molecule has 0 aliphatic rings. The predicted molar refractivity (Wildman–Crippen MR) is 166 cm³/mol. The Hall–Kier alpha value is -1.10. The molecule has 0 aromatic carbocycles. The van der Waals surface area contributed by atoms with Crippen molar-refractivity contribution in [3.05, 3.63) is 12.2 Å². The Morgan fingerprint density at radius 2 is 0.974 bits per heavy atom. The maximum Gasteiger partial charge on any atom is 0.333 e. The van der Waals surface area contributed by atoms with Crippen LogP contribution >= 0.6 is 0 Å². The van der Waals surface area contributed by atoms with E-state index < -0.39 is 8.32 Å². The summed E-state index contributed by atoms with van der Waals surface area (Å²) < 4.78 is 11.7. The first-order valence-electron chi connectivity index (χ1n) is 16.4. The minimum Gasteiger partial charge on any atom is -0.519 e. The number of hydrogen-bond acceptors (Lipinski definition) is 4. The molecular weight excluding hydrogens is 488 g/mol.